The van der Waals surface area contributed by atoms with Crippen LogP contribution in [0, 0.1) is 0 Å². The van der Waals surface area contributed by atoms with E-state index in [2.05, 4.69) is 0 Å². The molecule has 0 fully saturated rings. The van der Waals surface area contributed by atoms with E-state index >= 15 is 0 Å². The molecule has 24 heavy (non-hydrogen) atoms. The Balaban J connectivity index is 1.95. The largest absolute Gasteiger partial charge is 0.457 e. The molecule has 3 amide bonds. The summed E-state index contributed by atoms with van der Waals surface area (Å²) >= 11 is 12.1. The van der Waals surface area contributed by atoms with Gasteiger partial charge in [-0.3, -0.25) is 4.79 Å². The topological polar surface area (TPSA) is 76.5 Å². The quantitative estimate of drug-likeness (QED) is 0.801. The van der Waals surface area contributed by atoms with Gasteiger partial charge >= 0.3 is 6.03 Å². The van der Waals surface area contributed by atoms with Crippen LogP contribution in [0.25, 0.3) is 17.4 Å². The smallest absolute Gasteiger partial charge is 0.325 e. The monoisotopic (exact) mass is 362 g/mol. The van der Waals surface area contributed by atoms with Crippen LogP contribution in [-0.4, -0.2) is 16.8 Å². The minimum Gasteiger partial charge on any atom is -0.457 e. The minimum atomic E-state index is -0.825. The molecule has 2 N–H and O–H groups in total. The lowest BCUT2D eigenvalue weighted by Gasteiger charge is -2.06. The maximum atomic E-state index is 12.2. The van der Waals surface area contributed by atoms with Crippen molar-refractivity contribution in [2.24, 2.45) is 5.73 Å². The number of primary amides is 1. The Labute approximate surface area is 147 Å². The van der Waals surface area contributed by atoms with Gasteiger partial charge in [0, 0.05) is 22.4 Å². The van der Waals surface area contributed by atoms with E-state index in [0.29, 0.717) is 38.3 Å². The molecule has 0 bridgehead atoms. The fraction of sp³-hybridized carbons (Fsp3) is 0.0588. The Morgan fingerprint density at radius 3 is 2.67 bits per heavy atom. The summed E-state index contributed by atoms with van der Waals surface area (Å²) in [6, 6.07) is 7.66. The molecule has 1 aromatic heterocycles. The first kappa shape index (κ1) is 16.4. The summed E-state index contributed by atoms with van der Waals surface area (Å²) in [7, 11) is 0. The maximum Gasteiger partial charge on any atom is 0.325 e. The number of furan rings is 1. The number of hydrogen-bond donors (Lipinski definition) is 1. The maximum absolute atomic E-state index is 12.2. The first-order valence-corrected chi connectivity index (χ1v) is 7.71. The average molecular weight is 363 g/mol. The number of carbonyl (C=O) groups excluding carboxylic acids is 2. The zero-order valence-electron chi connectivity index (χ0n) is 12.5. The van der Waals surface area contributed by atoms with Gasteiger partial charge in [-0.15, -0.1) is 0 Å². The van der Waals surface area contributed by atoms with Crippen molar-refractivity contribution >= 4 is 41.2 Å². The number of halogens is 2. The number of rotatable bonds is 2. The summed E-state index contributed by atoms with van der Waals surface area (Å²) in [4.78, 5) is 24.2. The second-order valence-corrected chi connectivity index (χ2v) is 6.05. The summed E-state index contributed by atoms with van der Waals surface area (Å²) in [5, 5.41) is 1.04. The third kappa shape index (κ3) is 2.96. The Hall–Kier alpha value is -2.50. The Morgan fingerprint density at radius 1 is 1.25 bits per heavy atom. The van der Waals surface area contributed by atoms with Gasteiger partial charge in [0.1, 0.15) is 11.5 Å². The predicted molar refractivity (Wildman–Crippen MR) is 92.3 cm³/mol. The first-order valence-electron chi connectivity index (χ1n) is 6.95. The third-order valence-electron chi connectivity index (χ3n) is 3.54. The summed E-state index contributed by atoms with van der Waals surface area (Å²) in [5.74, 6) is 0.482. The van der Waals surface area contributed by atoms with Crippen molar-refractivity contribution in [1.82, 2.24) is 4.90 Å². The van der Waals surface area contributed by atoms with Crippen molar-refractivity contribution in [2.75, 3.05) is 0 Å². The second kappa shape index (κ2) is 6.19. The van der Waals surface area contributed by atoms with Gasteiger partial charge in [-0.25, -0.2) is 9.69 Å². The zero-order chi connectivity index (χ0) is 17.4. The van der Waals surface area contributed by atoms with Crippen LogP contribution in [0.4, 0.5) is 4.79 Å². The van der Waals surface area contributed by atoms with Crippen LogP contribution in [-0.2, 0) is 4.79 Å². The molecule has 0 atom stereocenters. The molecule has 1 aromatic carbocycles. The molecule has 2 aromatic rings. The van der Waals surface area contributed by atoms with Gasteiger partial charge < -0.3 is 10.2 Å². The number of imide groups is 1. The molecule has 0 saturated carbocycles. The standard InChI is InChI=1S/C17H12Cl2N2O3/c1-9-8-21(17(20)23)16(22)12(9)7-11-3-5-15(24-11)13-6-10(18)2-4-14(13)19/h2-8H,1H3,(H2,20,23)/b12-7+. The van der Waals surface area contributed by atoms with Gasteiger partial charge in [-0.05, 0) is 48.9 Å². The van der Waals surface area contributed by atoms with E-state index in [-0.39, 0.29) is 0 Å². The lowest BCUT2D eigenvalue weighted by Crippen LogP contribution is -2.33. The number of amides is 3. The predicted octanol–water partition coefficient (Wildman–Crippen LogP) is 4.46. The van der Waals surface area contributed by atoms with E-state index in [1.54, 1.807) is 43.3 Å². The molecule has 0 spiro atoms. The van der Waals surface area contributed by atoms with E-state index < -0.39 is 11.9 Å². The number of urea groups is 1. The van der Waals surface area contributed by atoms with Crippen LogP contribution in [0.15, 0.2) is 52.1 Å². The fourth-order valence-corrected chi connectivity index (χ4v) is 2.75. The summed E-state index contributed by atoms with van der Waals surface area (Å²) in [6.07, 6.45) is 2.95. The van der Waals surface area contributed by atoms with E-state index in [1.807, 2.05) is 0 Å². The minimum absolute atomic E-state index is 0.340. The van der Waals surface area contributed by atoms with Crippen molar-refractivity contribution in [1.29, 1.82) is 0 Å². The SMILES string of the molecule is CC1=CN(C(N)=O)C(=O)/C1=C/c1ccc(-c2cc(Cl)ccc2Cl)o1. The Bertz CT molecular complexity index is 912. The van der Waals surface area contributed by atoms with Gasteiger partial charge in [0.25, 0.3) is 5.91 Å². The number of hydrogen-bond acceptors (Lipinski definition) is 3. The number of benzene rings is 1. The average Bonchev–Trinajstić information content (AvgIpc) is 3.10. The fourth-order valence-electron chi connectivity index (χ4n) is 2.36. The molecule has 0 radical (unpaired) electrons. The van der Waals surface area contributed by atoms with E-state index in [9.17, 15) is 9.59 Å². The summed E-state index contributed by atoms with van der Waals surface area (Å²) in [5.41, 5.74) is 6.77. The highest BCUT2D eigenvalue weighted by Gasteiger charge is 2.29. The number of nitrogens with two attached hydrogens (primary N) is 1. The molecule has 5 nitrogen and oxygen atoms in total. The van der Waals surface area contributed by atoms with Gasteiger partial charge in [-0.2, -0.15) is 0 Å². The first-order chi connectivity index (χ1) is 11.4. The zero-order valence-corrected chi connectivity index (χ0v) is 14.1. The van der Waals surface area contributed by atoms with Gasteiger partial charge in [0.05, 0.1) is 5.02 Å². The van der Waals surface area contributed by atoms with Crippen molar-refractivity contribution in [2.45, 2.75) is 6.92 Å². The summed E-state index contributed by atoms with van der Waals surface area (Å²) in [6.45, 7) is 1.71. The molecule has 1 aliphatic rings. The molecule has 0 unspecified atom stereocenters. The van der Waals surface area contributed by atoms with Crippen molar-refractivity contribution in [3.05, 3.63) is 63.5 Å². The molecule has 2 heterocycles. The van der Waals surface area contributed by atoms with Crippen LogP contribution in [0.2, 0.25) is 10.0 Å². The lowest BCUT2D eigenvalue weighted by atomic mass is 10.1. The Kier molecular flexibility index (Phi) is 4.22. The highest BCUT2D eigenvalue weighted by atomic mass is 35.5. The van der Waals surface area contributed by atoms with Gasteiger partial charge in [0.15, 0.2) is 0 Å². The molecule has 0 aliphatic carbocycles. The third-order valence-corrected chi connectivity index (χ3v) is 4.11. The number of carbonyl (C=O) groups is 2. The van der Waals surface area contributed by atoms with E-state index in [1.165, 1.54) is 6.20 Å². The van der Waals surface area contributed by atoms with Gasteiger partial charge in [0.2, 0.25) is 0 Å². The molecule has 1 aliphatic heterocycles. The lowest BCUT2D eigenvalue weighted by molar-refractivity contribution is -0.121. The molecular formula is C17H12Cl2N2O3. The molecule has 3 rings (SSSR count). The molecule has 122 valence electrons. The second-order valence-electron chi connectivity index (χ2n) is 5.21. The van der Waals surface area contributed by atoms with Crippen LogP contribution >= 0.6 is 23.2 Å². The summed E-state index contributed by atoms with van der Waals surface area (Å²) < 4.78 is 5.73. The molecular weight excluding hydrogens is 351 g/mol. The van der Waals surface area contributed by atoms with E-state index in [0.717, 1.165) is 4.90 Å². The van der Waals surface area contributed by atoms with Gasteiger partial charge in [-0.1, -0.05) is 23.2 Å². The highest BCUT2D eigenvalue weighted by molar-refractivity contribution is 6.35. The van der Waals surface area contributed by atoms with Crippen LogP contribution < -0.4 is 5.73 Å². The van der Waals surface area contributed by atoms with Crippen molar-refractivity contribution in [3.8, 4) is 11.3 Å². The molecule has 7 heteroatoms. The van der Waals surface area contributed by atoms with Crippen LogP contribution in [0.1, 0.15) is 12.7 Å². The normalized spacial score (nSPS) is 16.0. The molecule has 0 saturated heterocycles. The van der Waals surface area contributed by atoms with Crippen LogP contribution in [0.5, 0.6) is 0 Å². The van der Waals surface area contributed by atoms with Crippen LogP contribution in [0.3, 0.4) is 0 Å². The number of nitrogens with zero attached hydrogens (tertiary/aromatic N) is 1. The Morgan fingerprint density at radius 2 is 2.00 bits per heavy atom. The van der Waals surface area contributed by atoms with Crippen molar-refractivity contribution < 1.29 is 14.0 Å². The highest BCUT2D eigenvalue weighted by Crippen LogP contribution is 2.33. The van der Waals surface area contributed by atoms with E-state index in [4.69, 9.17) is 33.4 Å². The van der Waals surface area contributed by atoms with Crippen molar-refractivity contribution in [3.63, 3.8) is 0 Å².